The quantitative estimate of drug-likeness (QED) is 0.565. The molecule has 8 heteroatoms. The molecule has 0 spiro atoms. The van der Waals surface area contributed by atoms with Crippen molar-refractivity contribution in [2.45, 2.75) is 13.5 Å². The lowest BCUT2D eigenvalue weighted by Gasteiger charge is -2.28. The molecule has 4 rings (SSSR count). The van der Waals surface area contributed by atoms with Crippen LogP contribution in [0.4, 0.5) is 11.8 Å². The normalized spacial score (nSPS) is 13.5. The van der Waals surface area contributed by atoms with Gasteiger partial charge in [-0.25, -0.2) is 0 Å². The molecule has 2 aromatic carbocycles. The summed E-state index contributed by atoms with van der Waals surface area (Å²) in [4.78, 5) is 11.3. The molecule has 31 heavy (non-hydrogen) atoms. The van der Waals surface area contributed by atoms with Crippen LogP contribution < -0.4 is 20.3 Å². The lowest BCUT2D eigenvalue weighted by Crippen LogP contribution is -2.37. The maximum Gasteiger partial charge on any atom is 0.234 e. The summed E-state index contributed by atoms with van der Waals surface area (Å²) in [6.45, 7) is 5.53. The largest absolute Gasteiger partial charge is 0.439 e. The third-order valence-electron chi connectivity index (χ3n) is 4.79. The van der Waals surface area contributed by atoms with Crippen LogP contribution in [0, 0.1) is 6.92 Å². The van der Waals surface area contributed by atoms with E-state index < -0.39 is 0 Å². The number of benzene rings is 2. The summed E-state index contributed by atoms with van der Waals surface area (Å²) in [6.07, 6.45) is 0. The van der Waals surface area contributed by atoms with Crippen LogP contribution in [0.15, 0.2) is 60.7 Å². The Bertz CT molecular complexity index is 1010. The van der Waals surface area contributed by atoms with Crippen LogP contribution in [-0.2, 0) is 11.3 Å². The smallest absolute Gasteiger partial charge is 0.234 e. The predicted octanol–water partition coefficient (Wildman–Crippen LogP) is 3.90. The van der Waals surface area contributed by atoms with E-state index in [4.69, 9.17) is 21.7 Å². The monoisotopic (exact) mass is 435 g/mol. The molecule has 0 amide bonds. The van der Waals surface area contributed by atoms with E-state index in [0.29, 0.717) is 42.4 Å². The Kier molecular flexibility index (Phi) is 6.91. The van der Waals surface area contributed by atoms with E-state index >= 15 is 0 Å². The maximum atomic E-state index is 5.96. The minimum Gasteiger partial charge on any atom is -0.439 e. The van der Waals surface area contributed by atoms with Gasteiger partial charge in [-0.15, -0.1) is 0 Å². The molecule has 0 saturated carbocycles. The predicted molar refractivity (Wildman–Crippen MR) is 126 cm³/mol. The van der Waals surface area contributed by atoms with E-state index in [1.165, 1.54) is 5.56 Å². The van der Waals surface area contributed by atoms with Gasteiger partial charge in [0.2, 0.25) is 11.8 Å². The maximum absolute atomic E-state index is 5.96. The molecule has 2 N–H and O–H groups in total. The summed E-state index contributed by atoms with van der Waals surface area (Å²) in [5, 5.41) is 6.74. The van der Waals surface area contributed by atoms with Crippen molar-refractivity contribution < 1.29 is 9.47 Å². The van der Waals surface area contributed by atoms with Crippen molar-refractivity contribution in [1.82, 2.24) is 15.3 Å². The summed E-state index contributed by atoms with van der Waals surface area (Å²) >= 11 is 5.46. The van der Waals surface area contributed by atoms with Gasteiger partial charge in [-0.2, -0.15) is 9.97 Å². The molecule has 3 aromatic rings. The zero-order chi connectivity index (χ0) is 21.5. The van der Waals surface area contributed by atoms with Crippen molar-refractivity contribution >= 4 is 29.1 Å². The van der Waals surface area contributed by atoms with E-state index in [-0.39, 0.29) is 0 Å². The van der Waals surface area contributed by atoms with Gasteiger partial charge in [0.15, 0.2) is 5.11 Å². The fourth-order valence-electron chi connectivity index (χ4n) is 3.12. The minimum atomic E-state index is 0.385. The van der Waals surface area contributed by atoms with Crippen molar-refractivity contribution in [1.29, 1.82) is 0 Å². The minimum absolute atomic E-state index is 0.385. The number of para-hydroxylation sites is 1. The topological polar surface area (TPSA) is 71.5 Å². The third kappa shape index (κ3) is 6.13. The average molecular weight is 436 g/mol. The van der Waals surface area contributed by atoms with Crippen molar-refractivity contribution in [3.05, 3.63) is 71.8 Å². The first kappa shape index (κ1) is 21.0. The van der Waals surface area contributed by atoms with Gasteiger partial charge >= 0.3 is 0 Å². The third-order valence-corrected chi connectivity index (χ3v) is 5.04. The van der Waals surface area contributed by atoms with Crippen LogP contribution in [0.3, 0.4) is 0 Å². The second-order valence-electron chi connectivity index (χ2n) is 7.20. The molecular weight excluding hydrogens is 410 g/mol. The van der Waals surface area contributed by atoms with Crippen LogP contribution in [0.25, 0.3) is 0 Å². The molecule has 0 atom stereocenters. The molecular formula is C23H25N5O2S. The molecule has 1 aromatic heterocycles. The van der Waals surface area contributed by atoms with Crippen molar-refractivity contribution in [2.75, 3.05) is 36.5 Å². The van der Waals surface area contributed by atoms with Crippen molar-refractivity contribution in [3.8, 4) is 11.6 Å². The van der Waals surface area contributed by atoms with Crippen LogP contribution in [0.2, 0.25) is 0 Å². The first-order valence-electron chi connectivity index (χ1n) is 10.2. The molecule has 7 nitrogen and oxygen atoms in total. The number of thiocarbonyl (C=S) groups is 1. The first-order chi connectivity index (χ1) is 15.2. The summed E-state index contributed by atoms with van der Waals surface area (Å²) < 4.78 is 11.4. The highest BCUT2D eigenvalue weighted by molar-refractivity contribution is 7.80. The SMILES string of the molecule is Cc1ccc(CNC(=S)Nc2nc(Oc3ccccc3)cc(N3CCOCC3)n2)cc1. The number of ether oxygens (including phenoxy) is 2. The van der Waals surface area contributed by atoms with Crippen LogP contribution >= 0.6 is 12.2 Å². The molecule has 1 aliphatic heterocycles. The molecule has 0 radical (unpaired) electrons. The molecule has 0 aliphatic carbocycles. The number of nitrogens with zero attached hydrogens (tertiary/aromatic N) is 3. The van der Waals surface area contributed by atoms with E-state index in [9.17, 15) is 0 Å². The number of morpholine rings is 1. The van der Waals surface area contributed by atoms with Gasteiger partial charge < -0.3 is 25.0 Å². The van der Waals surface area contributed by atoms with Gasteiger partial charge in [-0.05, 0) is 36.8 Å². The average Bonchev–Trinajstić information content (AvgIpc) is 2.80. The zero-order valence-corrected chi connectivity index (χ0v) is 18.2. The lowest BCUT2D eigenvalue weighted by molar-refractivity contribution is 0.122. The second-order valence-corrected chi connectivity index (χ2v) is 7.60. The van der Waals surface area contributed by atoms with Crippen molar-refractivity contribution in [3.63, 3.8) is 0 Å². The molecule has 1 fully saturated rings. The van der Waals surface area contributed by atoms with Crippen molar-refractivity contribution in [2.24, 2.45) is 0 Å². The van der Waals surface area contributed by atoms with Gasteiger partial charge in [0, 0.05) is 25.7 Å². The van der Waals surface area contributed by atoms with E-state index in [1.54, 1.807) is 0 Å². The van der Waals surface area contributed by atoms with Gasteiger partial charge in [0.25, 0.3) is 0 Å². The number of hydrogen-bond acceptors (Lipinski definition) is 6. The van der Waals surface area contributed by atoms with Gasteiger partial charge in [-0.3, -0.25) is 0 Å². The number of rotatable bonds is 6. The lowest BCUT2D eigenvalue weighted by atomic mass is 10.1. The number of aromatic nitrogens is 2. The Balaban J connectivity index is 1.48. The summed E-state index contributed by atoms with van der Waals surface area (Å²) in [7, 11) is 0. The number of anilines is 2. The van der Waals surface area contributed by atoms with Gasteiger partial charge in [0.1, 0.15) is 11.6 Å². The van der Waals surface area contributed by atoms with Gasteiger partial charge in [-0.1, -0.05) is 48.0 Å². The standard InChI is InChI=1S/C23H25N5O2S/c1-17-7-9-18(10-8-17)16-24-23(31)27-22-25-20(28-11-13-29-14-12-28)15-21(26-22)30-19-5-3-2-4-6-19/h2-10,15H,11-14,16H2,1H3,(H2,24,25,26,27,31). The van der Waals surface area contributed by atoms with E-state index in [2.05, 4.69) is 56.7 Å². The number of hydrogen-bond donors (Lipinski definition) is 2. The molecule has 160 valence electrons. The number of nitrogens with one attached hydrogen (secondary N) is 2. The molecule has 0 unspecified atom stereocenters. The number of aryl methyl sites for hydroxylation is 1. The van der Waals surface area contributed by atoms with Crippen LogP contribution in [0.5, 0.6) is 11.6 Å². The Morgan fingerprint density at radius 2 is 1.81 bits per heavy atom. The fourth-order valence-corrected chi connectivity index (χ4v) is 3.28. The Labute approximate surface area is 187 Å². The van der Waals surface area contributed by atoms with E-state index in [1.807, 2.05) is 36.4 Å². The molecule has 2 heterocycles. The Morgan fingerprint density at radius 1 is 1.06 bits per heavy atom. The van der Waals surface area contributed by atoms with Crippen LogP contribution in [-0.4, -0.2) is 41.4 Å². The summed E-state index contributed by atoms with van der Waals surface area (Å²) in [5.74, 6) is 2.32. The fraction of sp³-hybridized carbons (Fsp3) is 0.261. The second kappa shape index (κ2) is 10.2. The highest BCUT2D eigenvalue weighted by atomic mass is 32.1. The van der Waals surface area contributed by atoms with Crippen LogP contribution in [0.1, 0.15) is 11.1 Å². The zero-order valence-electron chi connectivity index (χ0n) is 17.4. The summed E-state index contributed by atoms with van der Waals surface area (Å²) in [6, 6.07) is 19.7. The van der Waals surface area contributed by atoms with E-state index in [0.717, 1.165) is 24.5 Å². The molecule has 0 bridgehead atoms. The first-order valence-corrected chi connectivity index (χ1v) is 10.6. The molecule has 1 aliphatic rings. The highest BCUT2D eigenvalue weighted by Gasteiger charge is 2.16. The molecule has 1 saturated heterocycles. The Hall–Kier alpha value is -3.23. The summed E-state index contributed by atoms with van der Waals surface area (Å²) in [5.41, 5.74) is 2.37. The Morgan fingerprint density at radius 3 is 2.55 bits per heavy atom. The highest BCUT2D eigenvalue weighted by Crippen LogP contribution is 2.25. The van der Waals surface area contributed by atoms with Gasteiger partial charge in [0.05, 0.1) is 13.2 Å².